The summed E-state index contributed by atoms with van der Waals surface area (Å²) in [5.74, 6) is -0.431. The molecule has 0 bridgehead atoms. The summed E-state index contributed by atoms with van der Waals surface area (Å²) in [6.07, 6.45) is 2.96. The second-order valence-corrected chi connectivity index (χ2v) is 8.78. The van der Waals surface area contributed by atoms with E-state index in [2.05, 4.69) is 26.6 Å². The largest absolute Gasteiger partial charge is 0.376 e. The van der Waals surface area contributed by atoms with E-state index in [1.54, 1.807) is 4.68 Å². The Kier molecular flexibility index (Phi) is 6.20. The van der Waals surface area contributed by atoms with Crippen LogP contribution in [-0.2, 0) is 24.2 Å². The van der Waals surface area contributed by atoms with Crippen LogP contribution in [0, 0.1) is 12.7 Å². The van der Waals surface area contributed by atoms with Gasteiger partial charge in [-0.2, -0.15) is 0 Å². The first kappa shape index (κ1) is 21.7. The summed E-state index contributed by atoms with van der Waals surface area (Å²) in [6.45, 7) is 5.62. The molecule has 3 aromatic rings. The standard InChI is InChI=1S/C25H28FN5O2/c1-17-24(25(32)27-14-21-5-3-13-33-21)28-29-31(17)23-6-2-4-19-16-30(12-11-22(19)23)15-18-7-9-20(26)10-8-18/h2,4,6-10,21H,3,5,11-16H2,1H3,(H,27,32)/t21-/m0/s1. The Bertz CT molecular complexity index is 1140. The van der Waals surface area contributed by atoms with Gasteiger partial charge in [-0.05, 0) is 61.1 Å². The minimum atomic E-state index is -0.218. The normalized spacial score (nSPS) is 18.3. The fraction of sp³-hybridized carbons (Fsp3) is 0.400. The summed E-state index contributed by atoms with van der Waals surface area (Å²) in [4.78, 5) is 15.0. The van der Waals surface area contributed by atoms with E-state index in [0.717, 1.165) is 62.4 Å². The number of nitrogens with zero attached hydrogens (tertiary/aromatic N) is 4. The fourth-order valence-corrected chi connectivity index (χ4v) is 4.69. The van der Waals surface area contributed by atoms with E-state index in [4.69, 9.17) is 4.74 Å². The van der Waals surface area contributed by atoms with Gasteiger partial charge in [-0.1, -0.05) is 29.5 Å². The van der Waals surface area contributed by atoms with Crippen LogP contribution in [0.3, 0.4) is 0 Å². The lowest BCUT2D eigenvalue weighted by atomic mass is 9.97. The Balaban J connectivity index is 1.31. The molecule has 0 unspecified atom stereocenters. The van der Waals surface area contributed by atoms with Gasteiger partial charge in [0, 0.05) is 32.8 Å². The first-order valence-corrected chi connectivity index (χ1v) is 11.5. The molecule has 8 heteroatoms. The maximum absolute atomic E-state index is 13.2. The Morgan fingerprint density at radius 3 is 2.88 bits per heavy atom. The number of nitrogens with one attached hydrogen (secondary N) is 1. The van der Waals surface area contributed by atoms with E-state index < -0.39 is 0 Å². The van der Waals surface area contributed by atoms with Gasteiger partial charge in [0.25, 0.3) is 5.91 Å². The Hall–Kier alpha value is -3.10. The monoisotopic (exact) mass is 449 g/mol. The van der Waals surface area contributed by atoms with Gasteiger partial charge in [-0.3, -0.25) is 9.69 Å². The van der Waals surface area contributed by atoms with Crippen LogP contribution in [0.2, 0.25) is 0 Å². The highest BCUT2D eigenvalue weighted by atomic mass is 19.1. The summed E-state index contributed by atoms with van der Waals surface area (Å²) in [7, 11) is 0. The zero-order valence-electron chi connectivity index (χ0n) is 18.8. The van der Waals surface area contributed by atoms with Gasteiger partial charge in [0.05, 0.1) is 17.5 Å². The molecule has 2 aliphatic heterocycles. The molecule has 5 rings (SSSR count). The lowest BCUT2D eigenvalue weighted by molar-refractivity contribution is 0.0853. The number of hydrogen-bond donors (Lipinski definition) is 1. The van der Waals surface area contributed by atoms with Crippen LogP contribution in [0.5, 0.6) is 0 Å². The van der Waals surface area contributed by atoms with Gasteiger partial charge in [0.1, 0.15) is 5.82 Å². The van der Waals surface area contributed by atoms with Crippen molar-refractivity contribution in [2.45, 2.75) is 45.4 Å². The molecule has 1 aromatic heterocycles. The van der Waals surface area contributed by atoms with Crippen molar-refractivity contribution in [1.29, 1.82) is 0 Å². The predicted molar refractivity (Wildman–Crippen MR) is 122 cm³/mol. The molecule has 0 radical (unpaired) electrons. The number of amides is 1. The van der Waals surface area contributed by atoms with Crippen molar-refractivity contribution >= 4 is 5.91 Å². The van der Waals surface area contributed by atoms with Crippen LogP contribution >= 0.6 is 0 Å². The number of carbonyl (C=O) groups excluding carboxylic acids is 1. The molecular weight excluding hydrogens is 421 g/mol. The number of fused-ring (bicyclic) bond motifs is 1. The van der Waals surface area contributed by atoms with Crippen LogP contribution in [-0.4, -0.2) is 51.6 Å². The molecule has 2 aliphatic rings. The Morgan fingerprint density at radius 1 is 1.24 bits per heavy atom. The van der Waals surface area contributed by atoms with Crippen molar-refractivity contribution in [3.8, 4) is 5.69 Å². The van der Waals surface area contributed by atoms with E-state index >= 15 is 0 Å². The molecule has 3 heterocycles. The molecule has 33 heavy (non-hydrogen) atoms. The first-order chi connectivity index (χ1) is 16.1. The smallest absolute Gasteiger partial charge is 0.273 e. The van der Waals surface area contributed by atoms with E-state index in [1.807, 2.05) is 31.2 Å². The zero-order valence-corrected chi connectivity index (χ0v) is 18.8. The van der Waals surface area contributed by atoms with Crippen molar-refractivity contribution in [1.82, 2.24) is 25.2 Å². The molecule has 1 amide bonds. The molecule has 2 aromatic carbocycles. The van der Waals surface area contributed by atoms with Gasteiger partial charge in [-0.25, -0.2) is 9.07 Å². The topological polar surface area (TPSA) is 72.3 Å². The number of rotatable bonds is 6. The van der Waals surface area contributed by atoms with Crippen LogP contribution in [0.15, 0.2) is 42.5 Å². The average molecular weight is 450 g/mol. The molecule has 7 nitrogen and oxygen atoms in total. The van der Waals surface area contributed by atoms with Crippen LogP contribution in [0.25, 0.3) is 5.69 Å². The minimum Gasteiger partial charge on any atom is -0.376 e. The first-order valence-electron chi connectivity index (χ1n) is 11.5. The van der Waals surface area contributed by atoms with Gasteiger partial charge >= 0.3 is 0 Å². The Labute approximate surface area is 192 Å². The molecule has 1 N–H and O–H groups in total. The second kappa shape index (κ2) is 9.41. The van der Waals surface area contributed by atoms with E-state index in [0.29, 0.717) is 12.2 Å². The lowest BCUT2D eigenvalue weighted by Gasteiger charge is -2.30. The van der Waals surface area contributed by atoms with Crippen molar-refractivity contribution in [3.05, 3.63) is 76.4 Å². The highest BCUT2D eigenvalue weighted by molar-refractivity contribution is 5.93. The number of ether oxygens (including phenoxy) is 1. The van der Waals surface area contributed by atoms with Crippen molar-refractivity contribution in [2.24, 2.45) is 0 Å². The molecule has 0 aliphatic carbocycles. The summed E-state index contributed by atoms with van der Waals surface area (Å²) in [5.41, 5.74) is 5.60. The third-order valence-corrected chi connectivity index (χ3v) is 6.49. The van der Waals surface area contributed by atoms with Crippen molar-refractivity contribution in [2.75, 3.05) is 19.7 Å². The van der Waals surface area contributed by atoms with Gasteiger partial charge < -0.3 is 10.1 Å². The summed E-state index contributed by atoms with van der Waals surface area (Å²) in [5, 5.41) is 11.4. The molecular formula is C25H28FN5O2. The third kappa shape index (κ3) is 4.67. The SMILES string of the molecule is Cc1c(C(=O)NC[C@@H]2CCCO2)nnn1-c1cccc2c1CCN(Cc1ccc(F)cc1)C2. The molecule has 0 spiro atoms. The molecule has 1 atom stereocenters. The van der Waals surface area contributed by atoms with Crippen LogP contribution < -0.4 is 5.32 Å². The van der Waals surface area contributed by atoms with Crippen molar-refractivity contribution in [3.63, 3.8) is 0 Å². The maximum Gasteiger partial charge on any atom is 0.273 e. The quantitative estimate of drug-likeness (QED) is 0.626. The number of carbonyl (C=O) groups is 1. The lowest BCUT2D eigenvalue weighted by Crippen LogP contribution is -2.32. The van der Waals surface area contributed by atoms with E-state index in [1.165, 1.54) is 23.3 Å². The van der Waals surface area contributed by atoms with E-state index in [9.17, 15) is 9.18 Å². The molecule has 1 fully saturated rings. The number of halogens is 1. The van der Waals surface area contributed by atoms with Gasteiger partial charge in [0.2, 0.25) is 0 Å². The predicted octanol–water partition coefficient (Wildman–Crippen LogP) is 3.18. The number of aromatic nitrogens is 3. The molecule has 172 valence electrons. The van der Waals surface area contributed by atoms with Crippen molar-refractivity contribution < 1.29 is 13.9 Å². The van der Waals surface area contributed by atoms with E-state index in [-0.39, 0.29) is 17.8 Å². The second-order valence-electron chi connectivity index (χ2n) is 8.78. The minimum absolute atomic E-state index is 0.0864. The van der Waals surface area contributed by atoms with Gasteiger partial charge in [-0.15, -0.1) is 5.10 Å². The van der Waals surface area contributed by atoms with Gasteiger partial charge in [0.15, 0.2) is 5.69 Å². The molecule has 1 saturated heterocycles. The summed E-state index contributed by atoms with van der Waals surface area (Å²) < 4.78 is 20.6. The van der Waals surface area contributed by atoms with Crippen LogP contribution in [0.4, 0.5) is 4.39 Å². The number of benzene rings is 2. The third-order valence-electron chi connectivity index (χ3n) is 6.49. The highest BCUT2D eigenvalue weighted by Gasteiger charge is 2.24. The Morgan fingerprint density at radius 2 is 2.09 bits per heavy atom. The fourth-order valence-electron chi connectivity index (χ4n) is 4.69. The number of hydrogen-bond acceptors (Lipinski definition) is 5. The summed E-state index contributed by atoms with van der Waals surface area (Å²) >= 11 is 0. The summed E-state index contributed by atoms with van der Waals surface area (Å²) in [6, 6.07) is 12.9. The highest BCUT2D eigenvalue weighted by Crippen LogP contribution is 2.27. The maximum atomic E-state index is 13.2. The average Bonchev–Trinajstić information content (AvgIpc) is 3.48. The zero-order chi connectivity index (χ0) is 22.8. The van der Waals surface area contributed by atoms with Crippen LogP contribution in [0.1, 0.15) is 45.7 Å². The molecule has 0 saturated carbocycles.